The van der Waals surface area contributed by atoms with Crippen LogP contribution < -0.4 is 0 Å². The summed E-state index contributed by atoms with van der Waals surface area (Å²) >= 11 is 7.93. The molecule has 0 unspecified atom stereocenters. The number of aryl methyl sites for hydroxylation is 3. The van der Waals surface area contributed by atoms with Crippen LogP contribution in [0.5, 0.6) is 0 Å². The van der Waals surface area contributed by atoms with E-state index in [1.807, 2.05) is 7.05 Å². The first-order valence-corrected chi connectivity index (χ1v) is 7.95. The molecule has 6 heteroatoms. The summed E-state index contributed by atoms with van der Waals surface area (Å²) in [5, 5.41) is 5.42. The van der Waals surface area contributed by atoms with Crippen molar-refractivity contribution in [3.8, 4) is 0 Å². The molecule has 1 aromatic carbocycles. The van der Waals surface area contributed by atoms with Crippen molar-refractivity contribution in [1.29, 1.82) is 0 Å². The second-order valence-corrected chi connectivity index (χ2v) is 6.37. The van der Waals surface area contributed by atoms with Crippen molar-refractivity contribution in [3.05, 3.63) is 46.5 Å². The Balaban J connectivity index is 1.88. The molecule has 0 aliphatic carbocycles. The van der Waals surface area contributed by atoms with Gasteiger partial charge in [-0.25, -0.2) is 9.97 Å². The van der Waals surface area contributed by atoms with Gasteiger partial charge in [0.1, 0.15) is 11.0 Å². The van der Waals surface area contributed by atoms with Crippen LogP contribution in [0.2, 0.25) is 5.15 Å². The van der Waals surface area contributed by atoms with Crippen LogP contribution in [-0.4, -0.2) is 19.7 Å². The lowest BCUT2D eigenvalue weighted by molar-refractivity contribution is 0.782. The van der Waals surface area contributed by atoms with E-state index >= 15 is 0 Å². The summed E-state index contributed by atoms with van der Waals surface area (Å²) in [6.07, 6.45) is 1.69. The van der Waals surface area contributed by atoms with Gasteiger partial charge in [0.05, 0.1) is 17.3 Å². The van der Waals surface area contributed by atoms with Crippen molar-refractivity contribution in [3.63, 3.8) is 0 Å². The number of benzene rings is 1. The molecular formula is C15H15ClN4S. The van der Waals surface area contributed by atoms with Crippen molar-refractivity contribution in [2.24, 2.45) is 7.05 Å². The second kappa shape index (κ2) is 5.66. The summed E-state index contributed by atoms with van der Waals surface area (Å²) in [6, 6.07) is 6.44. The molecule has 0 radical (unpaired) electrons. The van der Waals surface area contributed by atoms with Gasteiger partial charge in [-0.05, 0) is 25.5 Å². The van der Waals surface area contributed by atoms with E-state index in [2.05, 4.69) is 47.1 Å². The predicted molar refractivity (Wildman–Crippen MR) is 86.8 cm³/mol. The Bertz CT molecular complexity index is 813. The Labute approximate surface area is 132 Å². The summed E-state index contributed by atoms with van der Waals surface area (Å²) < 4.78 is 1.72. The molecule has 0 aliphatic heterocycles. The first kappa shape index (κ1) is 14.4. The summed E-state index contributed by atoms with van der Waals surface area (Å²) in [6.45, 7) is 4.21. The average Bonchev–Trinajstić information content (AvgIpc) is 2.82. The molecule has 2 heterocycles. The molecule has 3 rings (SSSR count). The van der Waals surface area contributed by atoms with Crippen LogP contribution in [0.15, 0.2) is 29.3 Å². The van der Waals surface area contributed by atoms with Gasteiger partial charge in [-0.3, -0.25) is 4.68 Å². The number of thioether (sulfide) groups is 1. The highest BCUT2D eigenvalue weighted by molar-refractivity contribution is 7.98. The smallest absolute Gasteiger partial charge is 0.162 e. The molecular weight excluding hydrogens is 304 g/mol. The average molecular weight is 319 g/mol. The fourth-order valence-electron chi connectivity index (χ4n) is 2.10. The standard InChI is InChI=1S/C15H15ClN4S/c1-9-4-5-10(2)12(6-9)21-8-13-18-14(16)11-7-17-20(3)15(11)19-13/h4-7H,8H2,1-3H3. The van der Waals surface area contributed by atoms with Crippen molar-refractivity contribution in [2.45, 2.75) is 24.5 Å². The summed E-state index contributed by atoms with van der Waals surface area (Å²) in [5.74, 6) is 1.41. The van der Waals surface area contributed by atoms with Crippen molar-refractivity contribution in [2.75, 3.05) is 0 Å². The third kappa shape index (κ3) is 2.89. The van der Waals surface area contributed by atoms with Gasteiger partial charge < -0.3 is 0 Å². The molecule has 3 aromatic rings. The van der Waals surface area contributed by atoms with E-state index in [0.717, 1.165) is 16.9 Å². The zero-order chi connectivity index (χ0) is 15.0. The van der Waals surface area contributed by atoms with Crippen molar-refractivity contribution >= 4 is 34.4 Å². The quantitative estimate of drug-likeness (QED) is 0.542. The number of halogens is 1. The Hall–Kier alpha value is -1.59. The number of aromatic nitrogens is 4. The van der Waals surface area contributed by atoms with Gasteiger partial charge in [0.25, 0.3) is 0 Å². The Morgan fingerprint density at radius 2 is 2.05 bits per heavy atom. The van der Waals surface area contributed by atoms with E-state index in [-0.39, 0.29) is 0 Å². The highest BCUT2D eigenvalue weighted by Gasteiger charge is 2.10. The summed E-state index contributed by atoms with van der Waals surface area (Å²) in [7, 11) is 1.85. The number of nitrogens with zero attached hydrogens (tertiary/aromatic N) is 4. The fraction of sp³-hybridized carbons (Fsp3) is 0.267. The molecule has 4 nitrogen and oxygen atoms in total. The third-order valence-corrected chi connectivity index (χ3v) is 4.73. The third-order valence-electron chi connectivity index (χ3n) is 3.29. The summed E-state index contributed by atoms with van der Waals surface area (Å²) in [5.41, 5.74) is 3.29. The first-order chi connectivity index (χ1) is 10.0. The maximum Gasteiger partial charge on any atom is 0.162 e. The normalized spacial score (nSPS) is 11.2. The second-order valence-electron chi connectivity index (χ2n) is 4.99. The van der Waals surface area contributed by atoms with Crippen LogP contribution >= 0.6 is 23.4 Å². The van der Waals surface area contributed by atoms with Gasteiger partial charge >= 0.3 is 0 Å². The molecule has 0 amide bonds. The molecule has 0 saturated carbocycles. The van der Waals surface area contributed by atoms with Gasteiger partial charge in [-0.1, -0.05) is 29.3 Å². The number of hydrogen-bond acceptors (Lipinski definition) is 4. The molecule has 0 aliphatic rings. The van der Waals surface area contributed by atoms with Crippen molar-refractivity contribution < 1.29 is 0 Å². The zero-order valence-corrected chi connectivity index (χ0v) is 13.7. The Kier molecular flexibility index (Phi) is 3.87. The Morgan fingerprint density at radius 1 is 1.24 bits per heavy atom. The van der Waals surface area contributed by atoms with Crippen LogP contribution in [0.1, 0.15) is 17.0 Å². The van der Waals surface area contributed by atoms with Gasteiger partial charge in [-0.15, -0.1) is 11.8 Å². The highest BCUT2D eigenvalue weighted by Crippen LogP contribution is 2.27. The lowest BCUT2D eigenvalue weighted by Crippen LogP contribution is -1.98. The largest absolute Gasteiger partial charge is 0.250 e. The minimum absolute atomic E-state index is 0.463. The minimum Gasteiger partial charge on any atom is -0.250 e. The molecule has 21 heavy (non-hydrogen) atoms. The van der Waals surface area contributed by atoms with Crippen LogP contribution in [-0.2, 0) is 12.8 Å². The van der Waals surface area contributed by atoms with E-state index in [9.17, 15) is 0 Å². The van der Waals surface area contributed by atoms with Crippen molar-refractivity contribution in [1.82, 2.24) is 19.7 Å². The van der Waals surface area contributed by atoms with Crippen LogP contribution in [0.4, 0.5) is 0 Å². The molecule has 0 atom stereocenters. The molecule has 0 saturated heterocycles. The van der Waals surface area contributed by atoms with E-state index in [4.69, 9.17) is 11.6 Å². The molecule has 2 aromatic heterocycles. The first-order valence-electron chi connectivity index (χ1n) is 6.59. The van der Waals surface area contributed by atoms with E-state index in [1.54, 1.807) is 22.6 Å². The maximum atomic E-state index is 6.20. The lowest BCUT2D eigenvalue weighted by atomic mass is 10.2. The highest BCUT2D eigenvalue weighted by atomic mass is 35.5. The van der Waals surface area contributed by atoms with Gasteiger partial charge in [0.2, 0.25) is 0 Å². The predicted octanol–water partition coefficient (Wildman–Crippen LogP) is 3.93. The van der Waals surface area contributed by atoms with Crippen LogP contribution in [0.3, 0.4) is 0 Å². The molecule has 0 bridgehead atoms. The number of fused-ring (bicyclic) bond motifs is 1. The van der Waals surface area contributed by atoms with E-state index in [1.165, 1.54) is 16.0 Å². The van der Waals surface area contributed by atoms with E-state index in [0.29, 0.717) is 10.9 Å². The lowest BCUT2D eigenvalue weighted by Gasteiger charge is -2.07. The maximum absolute atomic E-state index is 6.20. The molecule has 108 valence electrons. The van der Waals surface area contributed by atoms with Gasteiger partial charge in [-0.2, -0.15) is 5.10 Å². The fourth-order valence-corrected chi connectivity index (χ4v) is 3.31. The van der Waals surface area contributed by atoms with Crippen LogP contribution in [0, 0.1) is 13.8 Å². The number of rotatable bonds is 3. The van der Waals surface area contributed by atoms with Crippen LogP contribution in [0.25, 0.3) is 11.0 Å². The molecule has 0 fully saturated rings. The minimum atomic E-state index is 0.463. The summed E-state index contributed by atoms with van der Waals surface area (Å²) in [4.78, 5) is 10.2. The van der Waals surface area contributed by atoms with Gasteiger partial charge in [0, 0.05) is 11.9 Å². The molecule has 0 spiro atoms. The SMILES string of the molecule is Cc1ccc(C)c(SCc2nc(Cl)c3cnn(C)c3n2)c1. The number of hydrogen-bond donors (Lipinski definition) is 0. The zero-order valence-electron chi connectivity index (χ0n) is 12.1. The topological polar surface area (TPSA) is 43.6 Å². The molecule has 0 N–H and O–H groups in total. The monoisotopic (exact) mass is 318 g/mol. The van der Waals surface area contributed by atoms with Gasteiger partial charge in [0.15, 0.2) is 5.65 Å². The Morgan fingerprint density at radius 3 is 2.86 bits per heavy atom. The van der Waals surface area contributed by atoms with E-state index < -0.39 is 0 Å².